The summed E-state index contributed by atoms with van der Waals surface area (Å²) in [6.45, 7) is 8.34. The summed E-state index contributed by atoms with van der Waals surface area (Å²) in [4.78, 5) is 25.8. The van der Waals surface area contributed by atoms with Gasteiger partial charge in [0.1, 0.15) is 0 Å². The number of aryl methyl sites for hydroxylation is 2. The molecule has 0 radical (unpaired) electrons. The standard InChI is InChI=1S/C16H25N3O2/c1-5-19(16(21)13(4)9-17)10-14(20)18-15-11(2)7-6-8-12(15)3/h6-8,13H,5,9-10,17H2,1-4H3,(H,18,20). The summed E-state index contributed by atoms with van der Waals surface area (Å²) in [5.74, 6) is -0.540. The topological polar surface area (TPSA) is 75.4 Å². The Morgan fingerprint density at radius 2 is 1.86 bits per heavy atom. The lowest BCUT2D eigenvalue weighted by molar-refractivity contribution is -0.137. The Morgan fingerprint density at radius 1 is 1.29 bits per heavy atom. The monoisotopic (exact) mass is 291 g/mol. The number of nitrogens with two attached hydrogens (primary N) is 1. The first kappa shape index (κ1) is 17.2. The molecule has 0 saturated carbocycles. The number of carbonyl (C=O) groups excluding carboxylic acids is 2. The van der Waals surface area contributed by atoms with Gasteiger partial charge in [0.25, 0.3) is 0 Å². The average molecular weight is 291 g/mol. The number of hydrogen-bond acceptors (Lipinski definition) is 3. The number of hydrogen-bond donors (Lipinski definition) is 2. The number of rotatable bonds is 6. The minimum Gasteiger partial charge on any atom is -0.333 e. The normalized spacial score (nSPS) is 11.9. The van der Waals surface area contributed by atoms with Crippen LogP contribution in [0.25, 0.3) is 0 Å². The minimum atomic E-state index is -0.266. The SMILES string of the molecule is CCN(CC(=O)Nc1c(C)cccc1C)C(=O)C(C)CN. The van der Waals surface area contributed by atoms with Crippen LogP contribution in [0.4, 0.5) is 5.69 Å². The van der Waals surface area contributed by atoms with Gasteiger partial charge in [-0.15, -0.1) is 0 Å². The summed E-state index contributed by atoms with van der Waals surface area (Å²) in [5.41, 5.74) is 8.34. The Morgan fingerprint density at radius 3 is 2.33 bits per heavy atom. The molecule has 1 aromatic rings. The predicted octanol–water partition coefficient (Wildman–Crippen LogP) is 1.69. The molecular weight excluding hydrogens is 266 g/mol. The van der Waals surface area contributed by atoms with Crippen LogP contribution in [0.5, 0.6) is 0 Å². The Bertz CT molecular complexity index is 494. The summed E-state index contributed by atoms with van der Waals surface area (Å²) in [6, 6.07) is 5.84. The van der Waals surface area contributed by atoms with E-state index in [1.165, 1.54) is 4.90 Å². The third kappa shape index (κ3) is 4.56. The van der Waals surface area contributed by atoms with Crippen LogP contribution < -0.4 is 11.1 Å². The predicted molar refractivity (Wildman–Crippen MR) is 85.0 cm³/mol. The van der Waals surface area contributed by atoms with Gasteiger partial charge in [0.15, 0.2) is 0 Å². The third-order valence-corrected chi connectivity index (χ3v) is 3.55. The Labute approximate surface area is 126 Å². The van der Waals surface area contributed by atoms with E-state index in [0.717, 1.165) is 16.8 Å². The summed E-state index contributed by atoms with van der Waals surface area (Å²) >= 11 is 0. The molecule has 0 aliphatic heterocycles. The van der Waals surface area contributed by atoms with E-state index in [-0.39, 0.29) is 30.8 Å². The van der Waals surface area contributed by atoms with Crippen LogP contribution >= 0.6 is 0 Å². The number of para-hydroxylation sites is 1. The van der Waals surface area contributed by atoms with Gasteiger partial charge in [0.05, 0.1) is 6.54 Å². The molecular formula is C16H25N3O2. The second-order valence-electron chi connectivity index (χ2n) is 5.30. The highest BCUT2D eigenvalue weighted by molar-refractivity contribution is 5.96. The molecule has 1 atom stereocenters. The van der Waals surface area contributed by atoms with Gasteiger partial charge in [-0.3, -0.25) is 9.59 Å². The molecule has 3 N–H and O–H groups in total. The zero-order chi connectivity index (χ0) is 16.0. The summed E-state index contributed by atoms with van der Waals surface area (Å²) in [5, 5.41) is 2.89. The van der Waals surface area contributed by atoms with Crippen molar-refractivity contribution in [3.05, 3.63) is 29.3 Å². The number of anilines is 1. The van der Waals surface area contributed by atoms with Gasteiger partial charge in [-0.1, -0.05) is 25.1 Å². The van der Waals surface area contributed by atoms with Crippen molar-refractivity contribution in [3.63, 3.8) is 0 Å². The fourth-order valence-electron chi connectivity index (χ4n) is 2.12. The molecule has 0 heterocycles. The van der Waals surface area contributed by atoms with Crippen molar-refractivity contribution in [1.29, 1.82) is 0 Å². The Kier molecular flexibility index (Phi) is 6.37. The smallest absolute Gasteiger partial charge is 0.244 e. The van der Waals surface area contributed by atoms with Crippen molar-refractivity contribution >= 4 is 17.5 Å². The fraction of sp³-hybridized carbons (Fsp3) is 0.500. The highest BCUT2D eigenvalue weighted by Gasteiger charge is 2.20. The van der Waals surface area contributed by atoms with E-state index in [1.807, 2.05) is 39.0 Å². The van der Waals surface area contributed by atoms with Crippen molar-refractivity contribution in [2.75, 3.05) is 25.0 Å². The molecule has 0 aliphatic rings. The maximum atomic E-state index is 12.2. The molecule has 1 unspecified atom stereocenters. The lowest BCUT2D eigenvalue weighted by Gasteiger charge is -2.23. The molecule has 2 amide bonds. The van der Waals surface area contributed by atoms with Crippen LogP contribution in [0.3, 0.4) is 0 Å². The van der Waals surface area contributed by atoms with Gasteiger partial charge in [-0.25, -0.2) is 0 Å². The largest absolute Gasteiger partial charge is 0.333 e. The van der Waals surface area contributed by atoms with E-state index in [9.17, 15) is 9.59 Å². The number of likely N-dealkylation sites (N-methyl/N-ethyl adjacent to an activating group) is 1. The molecule has 0 spiro atoms. The summed E-state index contributed by atoms with van der Waals surface area (Å²) in [7, 11) is 0. The van der Waals surface area contributed by atoms with Crippen LogP contribution in [-0.4, -0.2) is 36.3 Å². The first-order valence-corrected chi connectivity index (χ1v) is 7.25. The maximum Gasteiger partial charge on any atom is 0.244 e. The van der Waals surface area contributed by atoms with Gasteiger partial charge in [-0.05, 0) is 31.9 Å². The van der Waals surface area contributed by atoms with Gasteiger partial charge >= 0.3 is 0 Å². The minimum absolute atomic E-state index is 0.0491. The van der Waals surface area contributed by atoms with E-state index >= 15 is 0 Å². The first-order valence-electron chi connectivity index (χ1n) is 7.25. The zero-order valence-electron chi connectivity index (χ0n) is 13.3. The quantitative estimate of drug-likeness (QED) is 0.837. The molecule has 116 valence electrons. The number of nitrogens with zero attached hydrogens (tertiary/aromatic N) is 1. The van der Waals surface area contributed by atoms with E-state index in [0.29, 0.717) is 6.54 Å². The van der Waals surface area contributed by atoms with Gasteiger partial charge < -0.3 is 16.0 Å². The third-order valence-electron chi connectivity index (χ3n) is 3.55. The highest BCUT2D eigenvalue weighted by atomic mass is 16.2. The van der Waals surface area contributed by atoms with Crippen molar-refractivity contribution in [2.24, 2.45) is 11.7 Å². The van der Waals surface area contributed by atoms with Crippen molar-refractivity contribution in [3.8, 4) is 0 Å². The summed E-state index contributed by atoms with van der Waals surface area (Å²) < 4.78 is 0. The van der Waals surface area contributed by atoms with Crippen molar-refractivity contribution in [2.45, 2.75) is 27.7 Å². The highest BCUT2D eigenvalue weighted by Crippen LogP contribution is 2.19. The van der Waals surface area contributed by atoms with Crippen LogP contribution in [0.2, 0.25) is 0 Å². The lowest BCUT2D eigenvalue weighted by atomic mass is 10.1. The lowest BCUT2D eigenvalue weighted by Crippen LogP contribution is -2.42. The van der Waals surface area contributed by atoms with E-state index in [4.69, 9.17) is 5.73 Å². The summed E-state index contributed by atoms with van der Waals surface area (Å²) in [6.07, 6.45) is 0. The number of carbonyl (C=O) groups is 2. The first-order chi connectivity index (χ1) is 9.90. The Balaban J connectivity index is 2.74. The van der Waals surface area contributed by atoms with Crippen molar-refractivity contribution < 1.29 is 9.59 Å². The molecule has 0 bridgehead atoms. The van der Waals surface area contributed by atoms with Crippen LogP contribution in [0.15, 0.2) is 18.2 Å². The van der Waals surface area contributed by atoms with Crippen LogP contribution in [-0.2, 0) is 9.59 Å². The van der Waals surface area contributed by atoms with Gasteiger partial charge in [0.2, 0.25) is 11.8 Å². The molecule has 0 aromatic heterocycles. The molecule has 0 saturated heterocycles. The molecule has 1 rings (SSSR count). The van der Waals surface area contributed by atoms with Crippen LogP contribution in [0.1, 0.15) is 25.0 Å². The second-order valence-corrected chi connectivity index (χ2v) is 5.30. The fourth-order valence-corrected chi connectivity index (χ4v) is 2.12. The molecule has 5 heteroatoms. The van der Waals surface area contributed by atoms with E-state index in [2.05, 4.69) is 5.32 Å². The second kappa shape index (κ2) is 7.78. The number of nitrogens with one attached hydrogen (secondary N) is 1. The zero-order valence-corrected chi connectivity index (χ0v) is 13.3. The Hall–Kier alpha value is -1.88. The average Bonchev–Trinajstić information content (AvgIpc) is 2.47. The number of amides is 2. The molecule has 0 aliphatic carbocycles. The van der Waals surface area contributed by atoms with E-state index in [1.54, 1.807) is 6.92 Å². The van der Waals surface area contributed by atoms with Crippen LogP contribution in [0, 0.1) is 19.8 Å². The number of benzene rings is 1. The van der Waals surface area contributed by atoms with Crippen molar-refractivity contribution in [1.82, 2.24) is 4.90 Å². The molecule has 0 fully saturated rings. The van der Waals surface area contributed by atoms with Gasteiger partial charge in [0, 0.05) is 24.7 Å². The molecule has 5 nitrogen and oxygen atoms in total. The van der Waals surface area contributed by atoms with E-state index < -0.39 is 0 Å². The molecule has 1 aromatic carbocycles. The maximum absolute atomic E-state index is 12.2. The molecule has 21 heavy (non-hydrogen) atoms. The van der Waals surface area contributed by atoms with Gasteiger partial charge in [-0.2, -0.15) is 0 Å².